The molecule has 0 fully saturated rings. The van der Waals surface area contributed by atoms with Crippen molar-refractivity contribution in [2.24, 2.45) is 27.2 Å². The van der Waals surface area contributed by atoms with Gasteiger partial charge in [-0.15, -0.1) is 0 Å². The highest BCUT2D eigenvalue weighted by atomic mass is 16.4. The molecule has 2 unspecified atom stereocenters. The van der Waals surface area contributed by atoms with Gasteiger partial charge in [-0.05, 0) is 33.1 Å². The number of carboxylic acids is 1. The molecule has 9 heteroatoms. The molecule has 9 nitrogen and oxygen atoms in total. The van der Waals surface area contributed by atoms with Crippen molar-refractivity contribution in [3.05, 3.63) is 24.3 Å². The lowest BCUT2D eigenvalue weighted by Gasteiger charge is -2.19. The number of aliphatic carboxylic acids is 1. The molecule has 2 atom stereocenters. The molecule has 8 N–H and O–H groups in total. The Labute approximate surface area is 154 Å². The summed E-state index contributed by atoms with van der Waals surface area (Å²) in [6.07, 6.45) is 4.75. The van der Waals surface area contributed by atoms with E-state index in [1.54, 1.807) is 0 Å². The first-order chi connectivity index (χ1) is 12.1. The number of guanidine groups is 1. The molecule has 0 saturated carbocycles. The number of carbonyl (C=O) groups excluding carboxylic acids is 1. The first-order valence-electron chi connectivity index (χ1n) is 8.35. The third kappa shape index (κ3) is 11.7. The predicted molar refractivity (Wildman–Crippen MR) is 104 cm³/mol. The summed E-state index contributed by atoms with van der Waals surface area (Å²) in [5.41, 5.74) is 17.5. The average molecular weight is 366 g/mol. The molecule has 0 aliphatic heterocycles. The zero-order valence-corrected chi connectivity index (χ0v) is 15.4. The van der Waals surface area contributed by atoms with Gasteiger partial charge in [0.05, 0.1) is 12.1 Å². The van der Waals surface area contributed by atoms with E-state index in [1.807, 2.05) is 26.0 Å². The van der Waals surface area contributed by atoms with Crippen molar-refractivity contribution in [3.63, 3.8) is 0 Å². The topological polar surface area (TPSA) is 169 Å². The Kier molecular flexibility index (Phi) is 11.1. The van der Waals surface area contributed by atoms with Crippen LogP contribution < -0.4 is 22.5 Å². The lowest BCUT2D eigenvalue weighted by Crippen LogP contribution is -2.45. The number of nitrogens with one attached hydrogen (secondary N) is 1. The van der Waals surface area contributed by atoms with Gasteiger partial charge in [-0.2, -0.15) is 0 Å². The highest BCUT2D eigenvalue weighted by Crippen LogP contribution is 2.09. The van der Waals surface area contributed by atoms with Crippen LogP contribution in [0.15, 0.2) is 34.3 Å². The van der Waals surface area contributed by atoms with Crippen molar-refractivity contribution in [1.82, 2.24) is 5.32 Å². The number of amidine groups is 1. The first kappa shape index (κ1) is 23.2. The molecule has 0 bridgehead atoms. The number of carboxylic acid groups (broad SMARTS) is 1. The van der Waals surface area contributed by atoms with Gasteiger partial charge in [0, 0.05) is 6.54 Å². The fraction of sp³-hybridized carbons (Fsp3) is 0.529. The lowest BCUT2D eigenvalue weighted by molar-refractivity contribution is -0.140. The molecular weight excluding hydrogens is 336 g/mol. The molecule has 0 saturated heterocycles. The van der Waals surface area contributed by atoms with E-state index >= 15 is 0 Å². The minimum atomic E-state index is -1.21. The quantitative estimate of drug-likeness (QED) is 0.109. The summed E-state index contributed by atoms with van der Waals surface area (Å²) >= 11 is 0. The number of hydrogen-bond donors (Lipinski definition) is 5. The van der Waals surface area contributed by atoms with Crippen molar-refractivity contribution in [3.8, 4) is 0 Å². The van der Waals surface area contributed by atoms with Gasteiger partial charge in [0.15, 0.2) is 5.96 Å². The molecule has 146 valence electrons. The summed E-state index contributed by atoms with van der Waals surface area (Å²) in [6.45, 7) is 8.08. The SMILES string of the molecule is C=C(C=CC)CC(C)N=C(N)C(CCCN=C(N)N)NC(=O)CC(=O)O. The number of amides is 1. The van der Waals surface area contributed by atoms with Crippen molar-refractivity contribution < 1.29 is 14.7 Å². The maximum absolute atomic E-state index is 11.8. The van der Waals surface area contributed by atoms with Crippen LogP contribution in [0.3, 0.4) is 0 Å². The second-order valence-corrected chi connectivity index (χ2v) is 5.90. The molecule has 0 aromatic heterocycles. The number of rotatable bonds is 12. The van der Waals surface area contributed by atoms with E-state index in [2.05, 4.69) is 21.9 Å². The number of nitrogens with two attached hydrogens (primary N) is 3. The fourth-order valence-electron chi connectivity index (χ4n) is 2.25. The van der Waals surface area contributed by atoms with E-state index in [0.717, 1.165) is 5.57 Å². The fourth-order valence-corrected chi connectivity index (χ4v) is 2.25. The zero-order chi connectivity index (χ0) is 20.1. The summed E-state index contributed by atoms with van der Waals surface area (Å²) in [5, 5.41) is 11.3. The van der Waals surface area contributed by atoms with Gasteiger partial charge < -0.3 is 27.6 Å². The van der Waals surface area contributed by atoms with Crippen LogP contribution in [-0.4, -0.2) is 47.4 Å². The Morgan fingerprint density at radius 1 is 1.31 bits per heavy atom. The number of carbonyl (C=O) groups is 2. The molecule has 0 heterocycles. The third-order valence-corrected chi connectivity index (χ3v) is 3.28. The normalized spacial score (nSPS) is 13.8. The van der Waals surface area contributed by atoms with Gasteiger partial charge in [-0.3, -0.25) is 19.6 Å². The van der Waals surface area contributed by atoms with Crippen LogP contribution >= 0.6 is 0 Å². The average Bonchev–Trinajstić information content (AvgIpc) is 2.49. The Balaban J connectivity index is 4.99. The van der Waals surface area contributed by atoms with Crippen LogP contribution in [-0.2, 0) is 9.59 Å². The molecular formula is C17H30N6O3. The minimum Gasteiger partial charge on any atom is -0.481 e. The molecule has 26 heavy (non-hydrogen) atoms. The lowest BCUT2D eigenvalue weighted by atomic mass is 10.1. The monoisotopic (exact) mass is 366 g/mol. The van der Waals surface area contributed by atoms with Crippen LogP contribution in [0, 0.1) is 0 Å². The van der Waals surface area contributed by atoms with Gasteiger partial charge in [-0.1, -0.05) is 24.3 Å². The van der Waals surface area contributed by atoms with Gasteiger partial charge in [0.2, 0.25) is 5.91 Å². The number of nitrogens with zero attached hydrogens (tertiary/aromatic N) is 2. The van der Waals surface area contributed by atoms with Gasteiger partial charge in [-0.25, -0.2) is 0 Å². The highest BCUT2D eigenvalue weighted by Gasteiger charge is 2.18. The van der Waals surface area contributed by atoms with Crippen LogP contribution in [0.5, 0.6) is 0 Å². The third-order valence-electron chi connectivity index (χ3n) is 3.28. The number of aliphatic imine (C=N–C) groups is 2. The Morgan fingerprint density at radius 3 is 2.50 bits per heavy atom. The van der Waals surface area contributed by atoms with E-state index in [4.69, 9.17) is 22.3 Å². The zero-order valence-electron chi connectivity index (χ0n) is 15.4. The second kappa shape index (κ2) is 12.5. The molecule has 0 radical (unpaired) electrons. The van der Waals surface area contributed by atoms with Gasteiger partial charge in [0.25, 0.3) is 0 Å². The Morgan fingerprint density at radius 2 is 1.96 bits per heavy atom. The Bertz CT molecular complexity index is 579. The Hall–Kier alpha value is -2.84. The summed E-state index contributed by atoms with van der Waals surface area (Å²) in [5.74, 6) is -1.63. The highest BCUT2D eigenvalue weighted by molar-refractivity contribution is 5.96. The second-order valence-electron chi connectivity index (χ2n) is 5.90. The predicted octanol–water partition coefficient (Wildman–Crippen LogP) is 0.268. The summed E-state index contributed by atoms with van der Waals surface area (Å²) in [7, 11) is 0. The maximum atomic E-state index is 11.8. The van der Waals surface area contributed by atoms with Crippen LogP contribution in [0.25, 0.3) is 0 Å². The summed E-state index contributed by atoms with van der Waals surface area (Å²) in [4.78, 5) is 30.7. The van der Waals surface area contributed by atoms with E-state index < -0.39 is 24.3 Å². The van der Waals surface area contributed by atoms with Crippen LogP contribution in [0.1, 0.15) is 39.5 Å². The van der Waals surface area contributed by atoms with E-state index in [1.165, 1.54) is 0 Å². The molecule has 0 aliphatic carbocycles. The molecule has 0 spiro atoms. The molecule has 1 amide bonds. The van der Waals surface area contributed by atoms with E-state index in [9.17, 15) is 9.59 Å². The van der Waals surface area contributed by atoms with E-state index in [0.29, 0.717) is 25.8 Å². The summed E-state index contributed by atoms with van der Waals surface area (Å²) < 4.78 is 0. The van der Waals surface area contributed by atoms with Gasteiger partial charge in [0.1, 0.15) is 12.3 Å². The molecule has 0 aromatic rings. The van der Waals surface area contributed by atoms with Crippen LogP contribution in [0.2, 0.25) is 0 Å². The largest absolute Gasteiger partial charge is 0.481 e. The van der Waals surface area contributed by atoms with E-state index in [-0.39, 0.29) is 17.8 Å². The van der Waals surface area contributed by atoms with Gasteiger partial charge >= 0.3 is 5.97 Å². The molecule has 0 rings (SSSR count). The van der Waals surface area contributed by atoms with Crippen molar-refractivity contribution in [2.45, 2.75) is 51.6 Å². The first-order valence-corrected chi connectivity index (χ1v) is 8.35. The standard InChI is InChI=1S/C17H30N6O3/c1-4-6-11(2)9-12(3)22-16(18)13(7-5-8-21-17(19)20)23-14(24)10-15(25)26/h4,6,12-13H,2,5,7-10H2,1,3H3,(H2,18,22)(H,23,24)(H,25,26)(H4,19,20,21). The van der Waals surface area contributed by atoms with Crippen LogP contribution in [0.4, 0.5) is 0 Å². The van der Waals surface area contributed by atoms with Crippen molar-refractivity contribution in [2.75, 3.05) is 6.54 Å². The minimum absolute atomic E-state index is 0.0192. The number of hydrogen-bond acceptors (Lipinski definition) is 4. The summed E-state index contributed by atoms with van der Waals surface area (Å²) in [6, 6.07) is -0.719. The number of allylic oxidation sites excluding steroid dienone is 2. The molecule has 0 aliphatic rings. The van der Waals surface area contributed by atoms with Crippen molar-refractivity contribution in [1.29, 1.82) is 0 Å². The smallest absolute Gasteiger partial charge is 0.312 e. The van der Waals surface area contributed by atoms with Crippen molar-refractivity contribution >= 4 is 23.7 Å². The maximum Gasteiger partial charge on any atom is 0.312 e. The molecule has 0 aromatic carbocycles.